The van der Waals surface area contributed by atoms with Gasteiger partial charge in [-0.3, -0.25) is 0 Å². The van der Waals surface area contributed by atoms with Crippen LogP contribution in [0.1, 0.15) is 25.3 Å². The lowest BCUT2D eigenvalue weighted by atomic mass is 10.0. The van der Waals surface area contributed by atoms with E-state index < -0.39 is 0 Å². The Labute approximate surface area is 348 Å². The lowest BCUT2D eigenvalue weighted by Gasteiger charge is -2.12. The van der Waals surface area contributed by atoms with Crippen molar-refractivity contribution in [1.29, 1.82) is 0 Å². The first kappa shape index (κ1) is 35.5. The largest absolute Gasteiger partial charge is 0.456 e. The summed E-state index contributed by atoms with van der Waals surface area (Å²) in [6.07, 6.45) is 3.43. The van der Waals surface area contributed by atoms with E-state index in [2.05, 4.69) is 163 Å². The van der Waals surface area contributed by atoms with Gasteiger partial charge in [-0.1, -0.05) is 153 Å². The molecule has 3 heterocycles. The number of rotatable bonds is 9. The van der Waals surface area contributed by atoms with E-state index in [1.807, 2.05) is 36.4 Å². The number of aryl methyl sites for hydroxylation is 1. The molecule has 3 aromatic heterocycles. The average molecular weight is 773 g/mol. The summed E-state index contributed by atoms with van der Waals surface area (Å²) in [5, 5.41) is 4.69. The molecule has 8 aromatic carbocycles. The second-order valence-electron chi connectivity index (χ2n) is 15.5. The van der Waals surface area contributed by atoms with Crippen LogP contribution in [-0.2, 0) is 6.42 Å². The van der Waals surface area contributed by atoms with Crippen LogP contribution in [0.3, 0.4) is 0 Å². The van der Waals surface area contributed by atoms with E-state index in [0.717, 1.165) is 84.0 Å². The van der Waals surface area contributed by atoms with Gasteiger partial charge in [-0.2, -0.15) is 0 Å². The van der Waals surface area contributed by atoms with Crippen molar-refractivity contribution in [2.45, 2.75) is 26.2 Å². The number of para-hydroxylation sites is 1. The van der Waals surface area contributed by atoms with Crippen LogP contribution < -0.4 is 0 Å². The zero-order chi connectivity index (χ0) is 40.0. The highest BCUT2D eigenvalue weighted by Gasteiger charge is 2.18. The number of hydrogen-bond donors (Lipinski definition) is 0. The van der Waals surface area contributed by atoms with Gasteiger partial charge in [0.25, 0.3) is 0 Å². The molecule has 60 heavy (non-hydrogen) atoms. The topological polar surface area (TPSA) is 56.7 Å². The standard InChI is InChI=1S/C55H40N4O/c1-2-3-14-36-25-28-47-48-30-27-41(35-52(48)60-51(47)31-36)40-26-29-46-45-23-10-11-24-49(45)59(50(46)34-40)44-22-13-21-43(33-44)55-57-53(38-17-8-5-9-18-38)56-54(58-55)42-20-12-19-39(32-42)37-15-6-4-7-16-37/h4-13,15-35H,2-3,14H2,1H3. The van der Waals surface area contributed by atoms with Crippen molar-refractivity contribution in [2.24, 2.45) is 0 Å². The van der Waals surface area contributed by atoms with E-state index >= 15 is 0 Å². The number of benzene rings is 8. The van der Waals surface area contributed by atoms with E-state index in [-0.39, 0.29) is 0 Å². The van der Waals surface area contributed by atoms with Crippen molar-refractivity contribution < 1.29 is 4.42 Å². The Kier molecular flexibility index (Phi) is 8.85. The molecule has 0 bridgehead atoms. The first-order chi connectivity index (χ1) is 29.7. The van der Waals surface area contributed by atoms with E-state index in [9.17, 15) is 0 Å². The van der Waals surface area contributed by atoms with Crippen molar-refractivity contribution in [2.75, 3.05) is 0 Å². The predicted molar refractivity (Wildman–Crippen MR) is 247 cm³/mol. The van der Waals surface area contributed by atoms with Gasteiger partial charge in [0.2, 0.25) is 0 Å². The fourth-order valence-electron chi connectivity index (χ4n) is 8.57. The summed E-state index contributed by atoms with van der Waals surface area (Å²) in [5.41, 5.74) is 13.7. The molecule has 0 aliphatic carbocycles. The Hall–Kier alpha value is -7.63. The molecular weight excluding hydrogens is 733 g/mol. The molecule has 0 amide bonds. The maximum atomic E-state index is 6.50. The zero-order valence-electron chi connectivity index (χ0n) is 33.2. The number of hydrogen-bond acceptors (Lipinski definition) is 4. The summed E-state index contributed by atoms with van der Waals surface area (Å²) < 4.78 is 8.86. The van der Waals surface area contributed by atoms with Crippen LogP contribution in [0.5, 0.6) is 0 Å². The monoisotopic (exact) mass is 772 g/mol. The van der Waals surface area contributed by atoms with Crippen LogP contribution in [0.4, 0.5) is 0 Å². The highest BCUT2D eigenvalue weighted by atomic mass is 16.3. The molecule has 286 valence electrons. The van der Waals surface area contributed by atoms with Gasteiger partial charge in [-0.05, 0) is 89.2 Å². The molecule has 11 aromatic rings. The SMILES string of the molecule is CCCCc1ccc2c(c1)oc1cc(-c3ccc4c5ccccc5n(-c5cccc(-c6nc(-c7ccccc7)nc(-c7cccc(-c8ccccc8)c7)n6)c5)c4c3)ccc12. The minimum Gasteiger partial charge on any atom is -0.456 e. The number of nitrogens with zero attached hydrogens (tertiary/aromatic N) is 4. The van der Waals surface area contributed by atoms with Crippen LogP contribution in [0.15, 0.2) is 192 Å². The van der Waals surface area contributed by atoms with Gasteiger partial charge in [0.1, 0.15) is 11.2 Å². The van der Waals surface area contributed by atoms with Crippen LogP contribution in [0, 0.1) is 0 Å². The molecule has 11 rings (SSSR count). The first-order valence-corrected chi connectivity index (χ1v) is 20.7. The number of aromatic nitrogens is 4. The lowest BCUT2D eigenvalue weighted by molar-refractivity contribution is 0.667. The van der Waals surface area contributed by atoms with Crippen LogP contribution >= 0.6 is 0 Å². The zero-order valence-corrected chi connectivity index (χ0v) is 33.2. The van der Waals surface area contributed by atoms with Crippen molar-refractivity contribution in [3.05, 3.63) is 194 Å². The molecule has 0 unspecified atom stereocenters. The molecule has 0 radical (unpaired) electrons. The Morgan fingerprint density at radius 2 is 0.950 bits per heavy atom. The lowest BCUT2D eigenvalue weighted by Crippen LogP contribution is -2.01. The molecule has 0 saturated carbocycles. The van der Waals surface area contributed by atoms with Crippen LogP contribution in [0.2, 0.25) is 0 Å². The Bertz CT molecular complexity index is 3360. The summed E-state index contributed by atoms with van der Waals surface area (Å²) >= 11 is 0. The smallest absolute Gasteiger partial charge is 0.164 e. The van der Waals surface area contributed by atoms with Crippen molar-refractivity contribution in [3.8, 4) is 62.1 Å². The quantitative estimate of drug-likeness (QED) is 0.147. The molecule has 5 heteroatoms. The van der Waals surface area contributed by atoms with E-state index in [4.69, 9.17) is 19.4 Å². The molecular formula is C55H40N4O. The van der Waals surface area contributed by atoms with Gasteiger partial charge in [0, 0.05) is 43.9 Å². The minimum absolute atomic E-state index is 0.615. The normalized spacial score (nSPS) is 11.6. The highest BCUT2D eigenvalue weighted by Crippen LogP contribution is 2.38. The molecule has 0 fully saturated rings. The van der Waals surface area contributed by atoms with E-state index in [1.54, 1.807) is 0 Å². The Balaban J connectivity index is 1.03. The average Bonchev–Trinajstić information content (AvgIpc) is 3.86. The third kappa shape index (κ3) is 6.41. The molecule has 5 nitrogen and oxygen atoms in total. The highest BCUT2D eigenvalue weighted by molar-refractivity contribution is 6.11. The Morgan fingerprint density at radius 1 is 0.400 bits per heavy atom. The molecule has 0 N–H and O–H groups in total. The third-order valence-electron chi connectivity index (χ3n) is 11.6. The summed E-state index contributed by atoms with van der Waals surface area (Å²) in [7, 11) is 0. The summed E-state index contributed by atoms with van der Waals surface area (Å²) in [5.74, 6) is 1.87. The van der Waals surface area contributed by atoms with Crippen LogP contribution in [0.25, 0.3) is 106 Å². The van der Waals surface area contributed by atoms with Crippen LogP contribution in [-0.4, -0.2) is 19.5 Å². The van der Waals surface area contributed by atoms with E-state index in [1.165, 1.54) is 29.2 Å². The van der Waals surface area contributed by atoms with Gasteiger partial charge < -0.3 is 8.98 Å². The number of unbranched alkanes of at least 4 members (excludes halogenated alkanes) is 1. The summed E-state index contributed by atoms with van der Waals surface area (Å²) in [6, 6.07) is 66.2. The molecule has 0 atom stereocenters. The maximum absolute atomic E-state index is 6.50. The second kappa shape index (κ2) is 14.9. The molecule has 0 aliphatic rings. The minimum atomic E-state index is 0.615. The van der Waals surface area contributed by atoms with Gasteiger partial charge >= 0.3 is 0 Å². The molecule has 0 aliphatic heterocycles. The van der Waals surface area contributed by atoms with Gasteiger partial charge in [-0.15, -0.1) is 0 Å². The van der Waals surface area contributed by atoms with Crippen molar-refractivity contribution in [1.82, 2.24) is 19.5 Å². The van der Waals surface area contributed by atoms with Crippen molar-refractivity contribution in [3.63, 3.8) is 0 Å². The van der Waals surface area contributed by atoms with Gasteiger partial charge in [0.15, 0.2) is 17.5 Å². The maximum Gasteiger partial charge on any atom is 0.164 e. The molecule has 0 saturated heterocycles. The summed E-state index contributed by atoms with van der Waals surface area (Å²) in [4.78, 5) is 15.3. The van der Waals surface area contributed by atoms with Crippen molar-refractivity contribution >= 4 is 43.7 Å². The predicted octanol–water partition coefficient (Wildman–Crippen LogP) is 14.5. The third-order valence-corrected chi connectivity index (χ3v) is 11.6. The first-order valence-electron chi connectivity index (χ1n) is 20.7. The number of fused-ring (bicyclic) bond motifs is 6. The van der Waals surface area contributed by atoms with Gasteiger partial charge in [-0.25, -0.2) is 15.0 Å². The van der Waals surface area contributed by atoms with E-state index in [0.29, 0.717) is 17.5 Å². The molecule has 0 spiro atoms. The fraction of sp³-hybridized carbons (Fsp3) is 0.0727. The van der Waals surface area contributed by atoms with Gasteiger partial charge in [0.05, 0.1) is 11.0 Å². The number of furan rings is 1. The Morgan fingerprint density at radius 3 is 1.72 bits per heavy atom. The summed E-state index contributed by atoms with van der Waals surface area (Å²) in [6.45, 7) is 2.23. The fourth-order valence-corrected chi connectivity index (χ4v) is 8.57. The second-order valence-corrected chi connectivity index (χ2v) is 15.5.